The fourth-order valence-corrected chi connectivity index (χ4v) is 4.40. The van der Waals surface area contributed by atoms with Crippen LogP contribution in [0.2, 0.25) is 0 Å². The molecule has 0 bridgehead atoms. The molecule has 1 amide bonds. The first kappa shape index (κ1) is 20.5. The third-order valence-electron chi connectivity index (χ3n) is 4.07. The number of sulfonamides is 2. The molecule has 10 nitrogen and oxygen atoms in total. The van der Waals surface area contributed by atoms with Gasteiger partial charge in [0.25, 0.3) is 15.9 Å². The Labute approximate surface area is 162 Å². The number of morpholine rings is 1. The molecule has 2 heterocycles. The Hall–Kier alpha value is -2.25. The molecular weight excluding hydrogens is 410 g/mol. The van der Waals surface area contributed by atoms with Gasteiger partial charge in [-0.1, -0.05) is 12.1 Å². The molecule has 0 atom stereocenters. The molecule has 0 saturated carbocycles. The number of nitrogens with two attached hydrogens (primary N) is 1. The summed E-state index contributed by atoms with van der Waals surface area (Å²) in [7, 11) is -7.61. The van der Waals surface area contributed by atoms with E-state index in [0.29, 0.717) is 18.8 Å². The molecule has 1 fully saturated rings. The van der Waals surface area contributed by atoms with Gasteiger partial charge in [-0.3, -0.25) is 4.79 Å². The SMILES string of the molecule is NS(=O)(=O)c1ccc(CNC(=O)c2ccc(S(=O)(=O)N3CCOCC3)o2)cc1. The fourth-order valence-electron chi connectivity index (χ4n) is 2.56. The Morgan fingerprint density at radius 3 is 2.29 bits per heavy atom. The lowest BCUT2D eigenvalue weighted by molar-refractivity contribution is 0.0722. The van der Waals surface area contributed by atoms with E-state index in [-0.39, 0.29) is 35.4 Å². The van der Waals surface area contributed by atoms with Crippen LogP contribution in [-0.2, 0) is 31.3 Å². The molecule has 3 rings (SSSR count). The van der Waals surface area contributed by atoms with Crippen LogP contribution in [0, 0.1) is 0 Å². The van der Waals surface area contributed by atoms with Crippen molar-refractivity contribution in [3.8, 4) is 0 Å². The summed E-state index contributed by atoms with van der Waals surface area (Å²) in [5, 5.41) is 7.29. The lowest BCUT2D eigenvalue weighted by Gasteiger charge is -2.24. The number of benzene rings is 1. The van der Waals surface area contributed by atoms with Gasteiger partial charge in [-0.2, -0.15) is 4.31 Å². The summed E-state index contributed by atoms with van der Waals surface area (Å²) in [5.41, 5.74) is 0.633. The number of carbonyl (C=O) groups excluding carboxylic acids is 1. The minimum absolute atomic E-state index is 0.0356. The normalized spacial score (nSPS) is 16.0. The van der Waals surface area contributed by atoms with Crippen LogP contribution >= 0.6 is 0 Å². The topological polar surface area (TPSA) is 149 Å². The summed E-state index contributed by atoms with van der Waals surface area (Å²) < 4.78 is 59.1. The van der Waals surface area contributed by atoms with E-state index in [4.69, 9.17) is 14.3 Å². The Morgan fingerprint density at radius 1 is 1.04 bits per heavy atom. The highest BCUT2D eigenvalue weighted by atomic mass is 32.2. The van der Waals surface area contributed by atoms with Gasteiger partial charge in [-0.15, -0.1) is 0 Å². The van der Waals surface area contributed by atoms with Crippen LogP contribution in [0.15, 0.2) is 50.8 Å². The maximum Gasteiger partial charge on any atom is 0.287 e. The van der Waals surface area contributed by atoms with Gasteiger partial charge in [0, 0.05) is 19.6 Å². The molecule has 3 N–H and O–H groups in total. The van der Waals surface area contributed by atoms with Crippen LogP contribution in [-0.4, -0.2) is 53.4 Å². The maximum absolute atomic E-state index is 12.5. The highest BCUT2D eigenvalue weighted by molar-refractivity contribution is 7.89. The van der Waals surface area contributed by atoms with E-state index in [0.717, 1.165) is 0 Å². The number of hydrogen-bond donors (Lipinski definition) is 2. The number of amides is 1. The Morgan fingerprint density at radius 2 is 1.68 bits per heavy atom. The van der Waals surface area contributed by atoms with Crippen LogP contribution in [0.25, 0.3) is 0 Å². The van der Waals surface area contributed by atoms with Crippen molar-refractivity contribution in [1.82, 2.24) is 9.62 Å². The maximum atomic E-state index is 12.5. The molecule has 0 unspecified atom stereocenters. The van der Waals surface area contributed by atoms with Gasteiger partial charge in [0.05, 0.1) is 18.1 Å². The Balaban J connectivity index is 1.64. The number of rotatable bonds is 6. The first-order chi connectivity index (χ1) is 13.2. The smallest absolute Gasteiger partial charge is 0.287 e. The third-order valence-corrected chi connectivity index (χ3v) is 6.78. The largest absolute Gasteiger partial charge is 0.438 e. The van der Waals surface area contributed by atoms with Crippen molar-refractivity contribution >= 4 is 26.0 Å². The zero-order valence-electron chi connectivity index (χ0n) is 14.7. The summed E-state index contributed by atoms with van der Waals surface area (Å²) in [5.74, 6) is -0.744. The van der Waals surface area contributed by atoms with Gasteiger partial charge in [-0.25, -0.2) is 22.0 Å². The molecule has 12 heteroatoms. The van der Waals surface area contributed by atoms with Crippen molar-refractivity contribution in [1.29, 1.82) is 0 Å². The minimum atomic E-state index is -3.82. The zero-order valence-corrected chi connectivity index (χ0v) is 16.3. The number of nitrogens with one attached hydrogen (secondary N) is 1. The highest BCUT2D eigenvalue weighted by Gasteiger charge is 2.30. The fraction of sp³-hybridized carbons (Fsp3) is 0.312. The van der Waals surface area contributed by atoms with Crippen LogP contribution in [0.3, 0.4) is 0 Å². The average molecular weight is 429 g/mol. The number of carbonyl (C=O) groups is 1. The van der Waals surface area contributed by atoms with E-state index in [2.05, 4.69) is 5.32 Å². The van der Waals surface area contributed by atoms with Crippen molar-refractivity contribution in [3.05, 3.63) is 47.7 Å². The number of hydrogen-bond acceptors (Lipinski definition) is 7. The van der Waals surface area contributed by atoms with Gasteiger partial charge < -0.3 is 14.5 Å². The van der Waals surface area contributed by atoms with Gasteiger partial charge >= 0.3 is 0 Å². The number of ether oxygens (including phenoxy) is 1. The van der Waals surface area contributed by atoms with Crippen molar-refractivity contribution in [3.63, 3.8) is 0 Å². The molecule has 1 saturated heterocycles. The summed E-state index contributed by atoms with van der Waals surface area (Å²) in [6, 6.07) is 8.20. The molecule has 1 aliphatic heterocycles. The lowest BCUT2D eigenvalue weighted by atomic mass is 10.2. The van der Waals surface area contributed by atoms with Crippen LogP contribution in [0.4, 0.5) is 0 Å². The monoisotopic (exact) mass is 429 g/mol. The van der Waals surface area contributed by atoms with E-state index in [1.165, 1.54) is 40.7 Å². The molecule has 2 aromatic rings. The predicted octanol–water partition coefficient (Wildman–Crippen LogP) is -0.122. The van der Waals surface area contributed by atoms with Gasteiger partial charge in [0.1, 0.15) is 0 Å². The van der Waals surface area contributed by atoms with Gasteiger partial charge in [-0.05, 0) is 29.8 Å². The second-order valence-corrected chi connectivity index (χ2v) is 9.44. The van der Waals surface area contributed by atoms with Gasteiger partial charge in [0.15, 0.2) is 5.76 Å². The van der Waals surface area contributed by atoms with E-state index < -0.39 is 26.0 Å². The number of nitrogens with zero attached hydrogens (tertiary/aromatic N) is 1. The van der Waals surface area contributed by atoms with Crippen LogP contribution in [0.5, 0.6) is 0 Å². The minimum Gasteiger partial charge on any atom is -0.438 e. The third kappa shape index (κ3) is 4.59. The second kappa shape index (κ2) is 8.01. The molecule has 0 aliphatic carbocycles. The number of primary sulfonamides is 1. The Kier molecular flexibility index (Phi) is 5.86. The quantitative estimate of drug-likeness (QED) is 0.650. The average Bonchev–Trinajstić information content (AvgIpc) is 3.17. The standard InChI is InChI=1S/C16H19N3O7S2/c17-27(21,22)13-3-1-12(2-4-13)11-18-16(20)14-5-6-15(26-14)28(23,24)19-7-9-25-10-8-19/h1-6H,7-11H2,(H,18,20)(H2,17,21,22). The molecule has 1 aliphatic rings. The first-order valence-corrected chi connectivity index (χ1v) is 11.2. The summed E-state index contributed by atoms with van der Waals surface area (Å²) >= 11 is 0. The summed E-state index contributed by atoms with van der Waals surface area (Å²) in [6.45, 7) is 1.14. The van der Waals surface area contributed by atoms with E-state index in [9.17, 15) is 21.6 Å². The molecular formula is C16H19N3O7S2. The summed E-state index contributed by atoms with van der Waals surface area (Å²) in [4.78, 5) is 12.2. The van der Waals surface area contributed by atoms with Crippen molar-refractivity contribution in [2.24, 2.45) is 5.14 Å². The lowest BCUT2D eigenvalue weighted by Crippen LogP contribution is -2.40. The van der Waals surface area contributed by atoms with Crippen molar-refractivity contribution in [2.75, 3.05) is 26.3 Å². The van der Waals surface area contributed by atoms with Gasteiger partial charge in [0.2, 0.25) is 15.1 Å². The second-order valence-electron chi connectivity index (χ2n) is 6.01. The zero-order chi connectivity index (χ0) is 20.4. The van der Waals surface area contributed by atoms with E-state index >= 15 is 0 Å². The molecule has 152 valence electrons. The summed E-state index contributed by atoms with van der Waals surface area (Å²) in [6.07, 6.45) is 0. The molecule has 0 radical (unpaired) electrons. The van der Waals surface area contributed by atoms with Crippen LogP contribution < -0.4 is 10.5 Å². The molecule has 1 aromatic carbocycles. The van der Waals surface area contributed by atoms with Crippen LogP contribution in [0.1, 0.15) is 16.1 Å². The predicted molar refractivity (Wildman–Crippen MR) is 97.3 cm³/mol. The highest BCUT2D eigenvalue weighted by Crippen LogP contribution is 2.20. The van der Waals surface area contributed by atoms with E-state index in [1.807, 2.05) is 0 Å². The van der Waals surface area contributed by atoms with Crippen molar-refractivity contribution < 1.29 is 30.8 Å². The van der Waals surface area contributed by atoms with E-state index in [1.54, 1.807) is 0 Å². The molecule has 28 heavy (non-hydrogen) atoms. The molecule has 0 spiro atoms. The van der Waals surface area contributed by atoms with Crippen molar-refractivity contribution in [2.45, 2.75) is 16.5 Å². The Bertz CT molecular complexity index is 1050. The first-order valence-electron chi connectivity index (χ1n) is 8.25. The number of furan rings is 1. The molecule has 1 aromatic heterocycles.